The van der Waals surface area contributed by atoms with E-state index in [1.54, 1.807) is 11.3 Å². The summed E-state index contributed by atoms with van der Waals surface area (Å²) in [5.74, 6) is 0. The van der Waals surface area contributed by atoms with Crippen LogP contribution in [0.5, 0.6) is 0 Å². The average Bonchev–Trinajstić information content (AvgIpc) is 3.13. The number of para-hydroxylation sites is 1. The number of hydrogen-bond donors (Lipinski definition) is 1. The highest BCUT2D eigenvalue weighted by molar-refractivity contribution is 7.18. The molecule has 140 valence electrons. The minimum atomic E-state index is 0.0437. The first kappa shape index (κ1) is 17.7. The lowest BCUT2D eigenvalue weighted by Gasteiger charge is -2.35. The van der Waals surface area contributed by atoms with Gasteiger partial charge in [-0.05, 0) is 31.4 Å². The Morgan fingerprint density at radius 1 is 1.23 bits per heavy atom. The van der Waals surface area contributed by atoms with Crippen molar-refractivity contribution in [3.05, 3.63) is 29.3 Å². The molecule has 2 aliphatic heterocycles. The molecule has 2 aromatic rings. The molecular weight excluding hydrogens is 348 g/mol. The van der Waals surface area contributed by atoms with Gasteiger partial charge in [0, 0.05) is 32.7 Å². The molecule has 2 saturated heterocycles. The molecule has 2 amide bonds. The quantitative estimate of drug-likeness (QED) is 0.894. The zero-order valence-electron chi connectivity index (χ0n) is 15.0. The third kappa shape index (κ3) is 4.00. The Kier molecular flexibility index (Phi) is 5.67. The molecule has 0 aliphatic carbocycles. The fraction of sp³-hybridized carbons (Fsp3) is 0.579. The zero-order chi connectivity index (χ0) is 17.8. The Bertz CT molecular complexity index is 711. The molecule has 1 atom stereocenters. The van der Waals surface area contributed by atoms with Gasteiger partial charge in [-0.25, -0.2) is 9.78 Å². The van der Waals surface area contributed by atoms with E-state index in [1.165, 1.54) is 4.70 Å². The first-order valence-corrected chi connectivity index (χ1v) is 10.3. The molecule has 2 fully saturated rings. The molecule has 0 saturated carbocycles. The average molecular weight is 375 g/mol. The summed E-state index contributed by atoms with van der Waals surface area (Å²) in [6.07, 6.45) is 3.22. The molecule has 6 nitrogen and oxygen atoms in total. The normalized spacial score (nSPS) is 21.8. The van der Waals surface area contributed by atoms with Crippen LogP contribution in [0, 0.1) is 0 Å². The lowest BCUT2D eigenvalue weighted by molar-refractivity contribution is 0.0384. The molecule has 7 heteroatoms. The third-order valence-electron chi connectivity index (χ3n) is 5.17. The van der Waals surface area contributed by atoms with Crippen molar-refractivity contribution in [3.8, 4) is 0 Å². The Labute approximate surface area is 158 Å². The number of benzene rings is 1. The van der Waals surface area contributed by atoms with Crippen molar-refractivity contribution in [1.82, 2.24) is 20.1 Å². The molecule has 1 aromatic carbocycles. The maximum absolute atomic E-state index is 12.8. The van der Waals surface area contributed by atoms with Gasteiger partial charge in [0.1, 0.15) is 5.01 Å². The number of nitrogens with one attached hydrogen (secondary N) is 1. The number of thiazole rings is 1. The lowest BCUT2D eigenvalue weighted by atomic mass is 10.0. The van der Waals surface area contributed by atoms with Crippen molar-refractivity contribution in [1.29, 1.82) is 0 Å². The molecular formula is C19H26N4O2S. The number of likely N-dealkylation sites (tertiary alicyclic amines) is 1. The van der Waals surface area contributed by atoms with Crippen LogP contribution in [0.3, 0.4) is 0 Å². The summed E-state index contributed by atoms with van der Waals surface area (Å²) in [5.41, 5.74) is 1.03. The first-order valence-electron chi connectivity index (χ1n) is 9.51. The van der Waals surface area contributed by atoms with E-state index in [0.29, 0.717) is 6.54 Å². The number of ether oxygens (including phenoxy) is 1. The SMILES string of the molecule is O=C(NCCN1CCOCC1)N1CCCCC1c1nc2ccccc2s1. The van der Waals surface area contributed by atoms with Crippen LogP contribution < -0.4 is 5.32 Å². The Balaban J connectivity index is 1.39. The molecule has 1 N–H and O–H groups in total. The number of nitrogens with zero attached hydrogens (tertiary/aromatic N) is 3. The topological polar surface area (TPSA) is 57.7 Å². The summed E-state index contributed by atoms with van der Waals surface area (Å²) in [5, 5.41) is 4.18. The van der Waals surface area contributed by atoms with Gasteiger partial charge in [0.15, 0.2) is 0 Å². The molecule has 0 bridgehead atoms. The predicted molar refractivity (Wildman–Crippen MR) is 104 cm³/mol. The summed E-state index contributed by atoms with van der Waals surface area (Å²) in [6.45, 7) is 5.86. The second kappa shape index (κ2) is 8.33. The maximum atomic E-state index is 12.8. The largest absolute Gasteiger partial charge is 0.379 e. The van der Waals surface area contributed by atoms with Crippen molar-refractivity contribution in [3.63, 3.8) is 0 Å². The lowest BCUT2D eigenvalue weighted by Crippen LogP contribution is -2.47. The van der Waals surface area contributed by atoms with Crippen LogP contribution in [0.2, 0.25) is 0 Å². The second-order valence-corrected chi connectivity index (χ2v) is 7.97. The van der Waals surface area contributed by atoms with E-state index >= 15 is 0 Å². The van der Waals surface area contributed by atoms with Gasteiger partial charge in [-0.15, -0.1) is 11.3 Å². The van der Waals surface area contributed by atoms with Crippen LogP contribution in [0.25, 0.3) is 10.2 Å². The van der Waals surface area contributed by atoms with E-state index in [0.717, 1.165) is 69.2 Å². The number of urea groups is 1. The monoisotopic (exact) mass is 374 g/mol. The highest BCUT2D eigenvalue weighted by Crippen LogP contribution is 2.35. The Hall–Kier alpha value is -1.70. The highest BCUT2D eigenvalue weighted by atomic mass is 32.1. The molecule has 0 spiro atoms. The third-order valence-corrected chi connectivity index (χ3v) is 6.30. The van der Waals surface area contributed by atoms with Crippen molar-refractivity contribution < 1.29 is 9.53 Å². The number of morpholine rings is 1. The van der Waals surface area contributed by atoms with Crippen molar-refractivity contribution in [2.45, 2.75) is 25.3 Å². The summed E-state index contributed by atoms with van der Waals surface area (Å²) < 4.78 is 6.56. The van der Waals surface area contributed by atoms with Gasteiger partial charge < -0.3 is 15.0 Å². The van der Waals surface area contributed by atoms with E-state index in [9.17, 15) is 4.79 Å². The predicted octanol–water partition coefficient (Wildman–Crippen LogP) is 2.87. The molecule has 1 aromatic heterocycles. The fourth-order valence-corrected chi connectivity index (χ4v) is 4.83. The van der Waals surface area contributed by atoms with Crippen LogP contribution in [0.15, 0.2) is 24.3 Å². The molecule has 0 radical (unpaired) electrons. The van der Waals surface area contributed by atoms with Gasteiger partial charge in [-0.1, -0.05) is 12.1 Å². The smallest absolute Gasteiger partial charge is 0.318 e. The summed E-state index contributed by atoms with van der Waals surface area (Å²) in [7, 11) is 0. The first-order chi connectivity index (χ1) is 12.8. The van der Waals surface area contributed by atoms with Gasteiger partial charge in [-0.3, -0.25) is 4.90 Å². The second-order valence-electron chi connectivity index (χ2n) is 6.91. The van der Waals surface area contributed by atoms with Gasteiger partial charge in [0.25, 0.3) is 0 Å². The van der Waals surface area contributed by atoms with Gasteiger partial charge in [0.2, 0.25) is 0 Å². The number of piperidine rings is 1. The number of hydrogen-bond acceptors (Lipinski definition) is 5. The van der Waals surface area contributed by atoms with Crippen LogP contribution in [-0.2, 0) is 4.74 Å². The molecule has 3 heterocycles. The number of carbonyl (C=O) groups is 1. The minimum Gasteiger partial charge on any atom is -0.379 e. The number of amides is 2. The molecule has 2 aliphatic rings. The number of carbonyl (C=O) groups excluding carboxylic acids is 1. The summed E-state index contributed by atoms with van der Waals surface area (Å²) in [4.78, 5) is 21.9. The summed E-state index contributed by atoms with van der Waals surface area (Å²) in [6, 6.07) is 8.35. The number of fused-ring (bicyclic) bond motifs is 1. The number of rotatable bonds is 4. The van der Waals surface area contributed by atoms with E-state index < -0.39 is 0 Å². The van der Waals surface area contributed by atoms with Gasteiger partial charge in [0.05, 0.1) is 29.5 Å². The summed E-state index contributed by atoms with van der Waals surface area (Å²) >= 11 is 1.72. The molecule has 1 unspecified atom stereocenters. The van der Waals surface area contributed by atoms with Crippen molar-refractivity contribution >= 4 is 27.6 Å². The van der Waals surface area contributed by atoms with E-state index in [1.807, 2.05) is 23.1 Å². The van der Waals surface area contributed by atoms with Crippen molar-refractivity contribution in [2.24, 2.45) is 0 Å². The standard InChI is InChI=1S/C19H26N4O2S/c24-19(20-8-10-22-11-13-25-14-12-22)23-9-4-3-6-16(23)18-21-15-5-1-2-7-17(15)26-18/h1-2,5,7,16H,3-4,6,8-14H2,(H,20,24). The van der Waals surface area contributed by atoms with Gasteiger partial charge >= 0.3 is 6.03 Å². The van der Waals surface area contributed by atoms with Crippen LogP contribution >= 0.6 is 11.3 Å². The van der Waals surface area contributed by atoms with Crippen molar-refractivity contribution in [2.75, 3.05) is 45.9 Å². The molecule has 4 rings (SSSR count). The van der Waals surface area contributed by atoms with Gasteiger partial charge in [-0.2, -0.15) is 0 Å². The van der Waals surface area contributed by atoms with E-state index in [4.69, 9.17) is 9.72 Å². The fourth-order valence-electron chi connectivity index (χ4n) is 3.71. The maximum Gasteiger partial charge on any atom is 0.318 e. The van der Waals surface area contributed by atoms with E-state index in [2.05, 4.69) is 16.3 Å². The van der Waals surface area contributed by atoms with E-state index in [-0.39, 0.29) is 12.1 Å². The molecule has 26 heavy (non-hydrogen) atoms. The number of aromatic nitrogens is 1. The Morgan fingerprint density at radius 3 is 2.92 bits per heavy atom. The minimum absolute atomic E-state index is 0.0437. The van der Waals surface area contributed by atoms with Crippen LogP contribution in [0.1, 0.15) is 30.3 Å². The Morgan fingerprint density at radius 2 is 2.08 bits per heavy atom. The zero-order valence-corrected chi connectivity index (χ0v) is 15.8. The van der Waals surface area contributed by atoms with Crippen LogP contribution in [-0.4, -0.2) is 66.8 Å². The van der Waals surface area contributed by atoms with Crippen LogP contribution in [0.4, 0.5) is 4.79 Å². The highest BCUT2D eigenvalue weighted by Gasteiger charge is 2.30.